The van der Waals surface area contributed by atoms with Gasteiger partial charge in [0.05, 0.1) is 6.10 Å². The third-order valence-electron chi connectivity index (χ3n) is 2.98. The number of rotatable bonds is 1. The molecule has 0 spiro atoms. The molecular weight excluding hydrogens is 160 g/mol. The highest BCUT2D eigenvalue weighted by Gasteiger charge is 2.32. The maximum atomic E-state index is 9.88. The summed E-state index contributed by atoms with van der Waals surface area (Å²) in [6, 6.07) is 8.39. The second-order valence-electron chi connectivity index (χ2n) is 4.24. The average molecular weight is 176 g/mol. The number of hydrogen-bond acceptors (Lipinski definition) is 1. The summed E-state index contributed by atoms with van der Waals surface area (Å²) in [4.78, 5) is 0. The van der Waals surface area contributed by atoms with Crippen LogP contribution in [0.3, 0.4) is 0 Å². The SMILES string of the molecule is CC(C)[C@H]1c2ccccc2C[C@@H]1O. The Morgan fingerprint density at radius 1 is 1.31 bits per heavy atom. The molecule has 0 bridgehead atoms. The molecule has 0 radical (unpaired) electrons. The summed E-state index contributed by atoms with van der Waals surface area (Å²) < 4.78 is 0. The zero-order valence-electron chi connectivity index (χ0n) is 8.20. The second kappa shape index (κ2) is 3.15. The molecule has 0 amide bonds. The van der Waals surface area contributed by atoms with Gasteiger partial charge < -0.3 is 5.11 Å². The highest BCUT2D eigenvalue weighted by atomic mass is 16.3. The van der Waals surface area contributed by atoms with Gasteiger partial charge in [0.25, 0.3) is 0 Å². The summed E-state index contributed by atoms with van der Waals surface area (Å²) >= 11 is 0. The first-order valence-corrected chi connectivity index (χ1v) is 4.96. The topological polar surface area (TPSA) is 20.2 Å². The van der Waals surface area contributed by atoms with Gasteiger partial charge in [0, 0.05) is 5.92 Å². The Balaban J connectivity index is 2.40. The van der Waals surface area contributed by atoms with Gasteiger partial charge in [-0.15, -0.1) is 0 Å². The minimum atomic E-state index is -0.169. The molecule has 0 saturated heterocycles. The van der Waals surface area contributed by atoms with Crippen LogP contribution >= 0.6 is 0 Å². The molecule has 70 valence electrons. The van der Waals surface area contributed by atoms with Crippen LogP contribution in [0.25, 0.3) is 0 Å². The minimum absolute atomic E-state index is 0.169. The Kier molecular flexibility index (Phi) is 2.12. The molecule has 1 aliphatic carbocycles. The van der Waals surface area contributed by atoms with E-state index in [1.54, 1.807) is 0 Å². The predicted molar refractivity (Wildman–Crippen MR) is 53.7 cm³/mol. The van der Waals surface area contributed by atoms with Crippen LogP contribution in [0.15, 0.2) is 24.3 Å². The molecule has 1 aliphatic rings. The molecule has 0 aromatic heterocycles. The summed E-state index contributed by atoms with van der Waals surface area (Å²) in [6.07, 6.45) is 0.663. The van der Waals surface area contributed by atoms with Crippen LogP contribution in [0.4, 0.5) is 0 Å². The molecule has 1 N–H and O–H groups in total. The predicted octanol–water partition coefficient (Wildman–Crippen LogP) is 2.34. The summed E-state index contributed by atoms with van der Waals surface area (Å²) in [7, 11) is 0. The Morgan fingerprint density at radius 2 is 2.00 bits per heavy atom. The fourth-order valence-electron chi connectivity index (χ4n) is 2.41. The van der Waals surface area contributed by atoms with E-state index in [4.69, 9.17) is 0 Å². The maximum absolute atomic E-state index is 9.88. The van der Waals surface area contributed by atoms with Crippen molar-refractivity contribution in [1.82, 2.24) is 0 Å². The Bertz CT molecular complexity index is 304. The van der Waals surface area contributed by atoms with Gasteiger partial charge in [-0.2, -0.15) is 0 Å². The van der Waals surface area contributed by atoms with Gasteiger partial charge in [-0.05, 0) is 23.5 Å². The van der Waals surface area contributed by atoms with Crippen molar-refractivity contribution in [3.63, 3.8) is 0 Å². The van der Waals surface area contributed by atoms with Crippen LogP contribution in [-0.2, 0) is 6.42 Å². The minimum Gasteiger partial charge on any atom is -0.392 e. The highest BCUT2D eigenvalue weighted by Crippen LogP contribution is 2.37. The van der Waals surface area contributed by atoms with Crippen LogP contribution in [0.2, 0.25) is 0 Å². The average Bonchev–Trinajstić information content (AvgIpc) is 2.39. The summed E-state index contributed by atoms with van der Waals surface area (Å²) in [5, 5.41) is 9.88. The van der Waals surface area contributed by atoms with E-state index >= 15 is 0 Å². The molecule has 0 fully saturated rings. The van der Waals surface area contributed by atoms with Crippen molar-refractivity contribution in [2.75, 3.05) is 0 Å². The number of aliphatic hydroxyl groups excluding tert-OH is 1. The summed E-state index contributed by atoms with van der Waals surface area (Å²) in [5.74, 6) is 0.870. The normalized spacial score (nSPS) is 26.5. The van der Waals surface area contributed by atoms with Gasteiger partial charge >= 0.3 is 0 Å². The molecule has 1 aromatic carbocycles. The fraction of sp³-hybridized carbons (Fsp3) is 0.500. The summed E-state index contributed by atoms with van der Waals surface area (Å²) in [5.41, 5.74) is 2.68. The van der Waals surface area contributed by atoms with E-state index in [2.05, 4.69) is 32.0 Å². The van der Waals surface area contributed by atoms with E-state index in [0.29, 0.717) is 11.8 Å². The zero-order chi connectivity index (χ0) is 9.42. The molecular formula is C12H16O. The Morgan fingerprint density at radius 3 is 2.69 bits per heavy atom. The van der Waals surface area contributed by atoms with E-state index in [1.165, 1.54) is 11.1 Å². The van der Waals surface area contributed by atoms with Crippen molar-refractivity contribution in [3.05, 3.63) is 35.4 Å². The highest BCUT2D eigenvalue weighted by molar-refractivity contribution is 5.37. The zero-order valence-corrected chi connectivity index (χ0v) is 8.20. The van der Waals surface area contributed by atoms with Gasteiger partial charge in [0.1, 0.15) is 0 Å². The van der Waals surface area contributed by atoms with E-state index in [-0.39, 0.29) is 6.10 Å². The van der Waals surface area contributed by atoms with E-state index < -0.39 is 0 Å². The van der Waals surface area contributed by atoms with Gasteiger partial charge in [-0.25, -0.2) is 0 Å². The molecule has 0 heterocycles. The molecule has 1 aromatic rings. The largest absolute Gasteiger partial charge is 0.392 e. The van der Waals surface area contributed by atoms with E-state index in [9.17, 15) is 5.11 Å². The lowest BCUT2D eigenvalue weighted by Gasteiger charge is -2.19. The lowest BCUT2D eigenvalue weighted by atomic mass is 9.89. The molecule has 1 heteroatoms. The third-order valence-corrected chi connectivity index (χ3v) is 2.98. The van der Waals surface area contributed by atoms with Crippen LogP contribution in [-0.4, -0.2) is 11.2 Å². The van der Waals surface area contributed by atoms with Crippen LogP contribution in [0, 0.1) is 5.92 Å². The number of fused-ring (bicyclic) bond motifs is 1. The van der Waals surface area contributed by atoms with Crippen molar-refractivity contribution >= 4 is 0 Å². The first kappa shape index (κ1) is 8.76. The van der Waals surface area contributed by atoms with Crippen molar-refractivity contribution in [3.8, 4) is 0 Å². The van der Waals surface area contributed by atoms with Crippen molar-refractivity contribution in [1.29, 1.82) is 0 Å². The van der Waals surface area contributed by atoms with Gasteiger partial charge in [-0.1, -0.05) is 38.1 Å². The number of benzene rings is 1. The molecule has 0 saturated carbocycles. The molecule has 2 rings (SSSR count). The summed E-state index contributed by atoms with van der Waals surface area (Å²) in [6.45, 7) is 4.35. The first-order valence-electron chi connectivity index (χ1n) is 4.96. The smallest absolute Gasteiger partial charge is 0.0651 e. The molecule has 13 heavy (non-hydrogen) atoms. The lowest BCUT2D eigenvalue weighted by Crippen LogP contribution is -2.18. The van der Waals surface area contributed by atoms with Crippen molar-refractivity contribution in [2.45, 2.75) is 32.3 Å². The molecule has 1 nitrogen and oxygen atoms in total. The van der Waals surface area contributed by atoms with Gasteiger partial charge in [0.2, 0.25) is 0 Å². The first-order chi connectivity index (χ1) is 6.20. The fourth-order valence-corrected chi connectivity index (χ4v) is 2.41. The van der Waals surface area contributed by atoms with Crippen molar-refractivity contribution in [2.24, 2.45) is 5.92 Å². The van der Waals surface area contributed by atoms with Crippen molar-refractivity contribution < 1.29 is 5.11 Å². The van der Waals surface area contributed by atoms with Crippen LogP contribution in [0.5, 0.6) is 0 Å². The maximum Gasteiger partial charge on any atom is 0.0651 e. The quantitative estimate of drug-likeness (QED) is 0.696. The van der Waals surface area contributed by atoms with E-state index in [1.807, 2.05) is 6.07 Å². The molecule has 2 atom stereocenters. The second-order valence-corrected chi connectivity index (χ2v) is 4.24. The molecule has 0 unspecified atom stereocenters. The van der Waals surface area contributed by atoms with Gasteiger partial charge in [-0.3, -0.25) is 0 Å². The molecule has 0 aliphatic heterocycles. The van der Waals surface area contributed by atoms with Gasteiger partial charge in [0.15, 0.2) is 0 Å². The monoisotopic (exact) mass is 176 g/mol. The van der Waals surface area contributed by atoms with Crippen LogP contribution in [0.1, 0.15) is 30.9 Å². The number of aliphatic hydroxyl groups is 1. The number of hydrogen-bond donors (Lipinski definition) is 1. The Labute approximate surface area is 79.4 Å². The Hall–Kier alpha value is -0.820. The lowest BCUT2D eigenvalue weighted by molar-refractivity contribution is 0.136. The third kappa shape index (κ3) is 1.37. The van der Waals surface area contributed by atoms with Crippen LogP contribution < -0.4 is 0 Å². The van der Waals surface area contributed by atoms with E-state index in [0.717, 1.165) is 6.42 Å². The standard InChI is InChI=1S/C12H16O/c1-8(2)12-10-6-4-3-5-9(10)7-11(12)13/h3-6,8,11-13H,7H2,1-2H3/t11-,12-/m0/s1.